The van der Waals surface area contributed by atoms with Crippen LogP contribution in [0.25, 0.3) is 11.3 Å². The van der Waals surface area contributed by atoms with E-state index in [9.17, 15) is 9.59 Å². The lowest BCUT2D eigenvalue weighted by Crippen LogP contribution is -3.12. The smallest absolute Gasteiger partial charge is 0.267 e. The summed E-state index contributed by atoms with van der Waals surface area (Å²) in [6, 6.07) is 11.1. The van der Waals surface area contributed by atoms with Crippen molar-refractivity contribution in [3.05, 3.63) is 52.3 Å². The lowest BCUT2D eigenvalue weighted by Gasteiger charge is -2.30. The summed E-state index contributed by atoms with van der Waals surface area (Å²) in [5.41, 5.74) is 2.55. The van der Waals surface area contributed by atoms with Gasteiger partial charge in [0.15, 0.2) is 0 Å². The Bertz CT molecular complexity index is 774. The molecule has 0 radical (unpaired) electrons. The van der Waals surface area contributed by atoms with Crippen LogP contribution >= 0.6 is 0 Å². The number of hydrogen-bond acceptors (Lipinski definition) is 3. The number of aromatic nitrogens is 2. The molecule has 6 heteroatoms. The Kier molecular flexibility index (Phi) is 4.76. The average molecular weight is 327 g/mol. The zero-order valence-corrected chi connectivity index (χ0v) is 14.2. The molecule has 1 aromatic carbocycles. The molecule has 6 nitrogen and oxygen atoms in total. The number of amides is 1. The molecule has 126 valence electrons. The third-order valence-corrected chi connectivity index (χ3v) is 4.47. The highest BCUT2D eigenvalue weighted by molar-refractivity contribution is 5.76. The number of aryl methyl sites for hydroxylation is 1. The standard InChI is InChI=1S/C18H22N4O2/c1-14-3-5-15(6-4-14)16-7-8-17(23)22(19-16)13-18(24)21-11-9-20(2)10-12-21/h3-8H,9-13H2,1-2H3/p+1. The Balaban J connectivity index is 1.78. The fourth-order valence-corrected chi connectivity index (χ4v) is 2.81. The predicted octanol–water partition coefficient (Wildman–Crippen LogP) is -0.424. The van der Waals surface area contributed by atoms with Gasteiger partial charge in [-0.15, -0.1) is 0 Å². The first-order valence-corrected chi connectivity index (χ1v) is 8.27. The summed E-state index contributed by atoms with van der Waals surface area (Å²) in [4.78, 5) is 27.7. The van der Waals surface area contributed by atoms with Gasteiger partial charge in [-0.2, -0.15) is 5.10 Å². The number of hydrogen-bond donors (Lipinski definition) is 1. The molecule has 3 rings (SSSR count). The lowest BCUT2D eigenvalue weighted by atomic mass is 10.1. The first-order valence-electron chi connectivity index (χ1n) is 8.27. The highest BCUT2D eigenvalue weighted by Gasteiger charge is 2.22. The Hall–Kier alpha value is -2.47. The summed E-state index contributed by atoms with van der Waals surface area (Å²) < 4.78 is 1.27. The summed E-state index contributed by atoms with van der Waals surface area (Å²) in [5, 5.41) is 4.37. The van der Waals surface area contributed by atoms with Crippen molar-refractivity contribution in [1.82, 2.24) is 14.7 Å². The van der Waals surface area contributed by atoms with Crippen molar-refractivity contribution in [2.24, 2.45) is 0 Å². The van der Waals surface area contributed by atoms with Gasteiger partial charge in [0.1, 0.15) is 6.54 Å². The van der Waals surface area contributed by atoms with Gasteiger partial charge in [0.25, 0.3) is 5.56 Å². The van der Waals surface area contributed by atoms with Crippen LogP contribution in [0, 0.1) is 6.92 Å². The molecule has 1 saturated heterocycles. The van der Waals surface area contributed by atoms with Crippen LogP contribution in [0.3, 0.4) is 0 Å². The zero-order chi connectivity index (χ0) is 17.1. The number of nitrogens with zero attached hydrogens (tertiary/aromatic N) is 3. The van der Waals surface area contributed by atoms with E-state index < -0.39 is 0 Å². The van der Waals surface area contributed by atoms with Crippen molar-refractivity contribution in [3.63, 3.8) is 0 Å². The molecule has 1 N–H and O–H groups in total. The van der Waals surface area contributed by atoms with Gasteiger partial charge in [-0.05, 0) is 13.0 Å². The monoisotopic (exact) mass is 327 g/mol. The molecular weight excluding hydrogens is 304 g/mol. The van der Waals surface area contributed by atoms with Gasteiger partial charge in [-0.1, -0.05) is 29.8 Å². The highest BCUT2D eigenvalue weighted by atomic mass is 16.2. The van der Waals surface area contributed by atoms with Gasteiger partial charge in [-0.25, -0.2) is 4.68 Å². The molecular formula is C18H23N4O2+. The van der Waals surface area contributed by atoms with E-state index >= 15 is 0 Å². The summed E-state index contributed by atoms with van der Waals surface area (Å²) in [7, 11) is 2.12. The van der Waals surface area contributed by atoms with E-state index in [0.717, 1.165) is 31.7 Å². The molecule has 2 aromatic rings. The van der Waals surface area contributed by atoms with Crippen LogP contribution in [0.5, 0.6) is 0 Å². The maximum Gasteiger partial charge on any atom is 0.267 e. The van der Waals surface area contributed by atoms with Crippen LogP contribution in [0.1, 0.15) is 5.56 Å². The molecule has 0 saturated carbocycles. The molecule has 0 bridgehead atoms. The quantitative estimate of drug-likeness (QED) is 0.833. The second kappa shape index (κ2) is 6.97. The van der Waals surface area contributed by atoms with Crippen molar-refractivity contribution in [2.45, 2.75) is 13.5 Å². The van der Waals surface area contributed by atoms with E-state index in [1.807, 2.05) is 36.1 Å². The van der Waals surface area contributed by atoms with Gasteiger partial charge in [0.05, 0.1) is 38.9 Å². The number of carbonyl (C=O) groups is 1. The van der Waals surface area contributed by atoms with E-state index in [2.05, 4.69) is 12.1 Å². The molecule has 1 aliphatic rings. The minimum Gasteiger partial charge on any atom is -0.334 e. The maximum atomic E-state index is 12.4. The molecule has 24 heavy (non-hydrogen) atoms. The second-order valence-corrected chi connectivity index (χ2v) is 6.42. The van der Waals surface area contributed by atoms with Crippen LogP contribution in [-0.4, -0.2) is 53.8 Å². The number of benzene rings is 1. The minimum atomic E-state index is -0.251. The molecule has 2 heterocycles. The number of rotatable bonds is 3. The van der Waals surface area contributed by atoms with Crippen LogP contribution in [0.4, 0.5) is 0 Å². The number of piperazine rings is 1. The van der Waals surface area contributed by atoms with Crippen molar-refractivity contribution < 1.29 is 9.69 Å². The topological polar surface area (TPSA) is 59.6 Å². The SMILES string of the molecule is Cc1ccc(-c2ccc(=O)n(CC(=O)N3CC[NH+](C)CC3)n2)cc1. The van der Waals surface area contributed by atoms with E-state index in [1.165, 1.54) is 21.2 Å². The van der Waals surface area contributed by atoms with Gasteiger partial charge in [0, 0.05) is 11.6 Å². The molecule has 0 aliphatic carbocycles. The molecule has 0 atom stereocenters. The molecule has 1 fully saturated rings. The Morgan fingerprint density at radius 2 is 1.79 bits per heavy atom. The first-order chi connectivity index (χ1) is 11.5. The van der Waals surface area contributed by atoms with E-state index in [4.69, 9.17) is 0 Å². The second-order valence-electron chi connectivity index (χ2n) is 6.42. The van der Waals surface area contributed by atoms with Crippen molar-refractivity contribution in [3.8, 4) is 11.3 Å². The fraction of sp³-hybridized carbons (Fsp3) is 0.389. The molecule has 1 aliphatic heterocycles. The van der Waals surface area contributed by atoms with Crippen LogP contribution in [0.15, 0.2) is 41.2 Å². The van der Waals surface area contributed by atoms with Crippen molar-refractivity contribution in [1.29, 1.82) is 0 Å². The van der Waals surface area contributed by atoms with Crippen molar-refractivity contribution in [2.75, 3.05) is 33.2 Å². The van der Waals surface area contributed by atoms with Gasteiger partial charge in [0.2, 0.25) is 5.91 Å². The van der Waals surface area contributed by atoms with Crippen LogP contribution in [-0.2, 0) is 11.3 Å². The number of nitrogens with one attached hydrogen (secondary N) is 1. The molecule has 1 aromatic heterocycles. The van der Waals surface area contributed by atoms with E-state index in [1.54, 1.807) is 6.07 Å². The Morgan fingerprint density at radius 1 is 1.12 bits per heavy atom. The molecule has 0 spiro atoms. The third kappa shape index (κ3) is 3.71. The Morgan fingerprint density at radius 3 is 2.46 bits per heavy atom. The summed E-state index contributed by atoms with van der Waals surface area (Å²) in [6.07, 6.45) is 0. The van der Waals surface area contributed by atoms with Crippen LogP contribution in [0.2, 0.25) is 0 Å². The Labute approximate surface area is 141 Å². The minimum absolute atomic E-state index is 0.00240. The summed E-state index contributed by atoms with van der Waals surface area (Å²) in [6.45, 7) is 5.37. The van der Waals surface area contributed by atoms with Crippen molar-refractivity contribution >= 4 is 5.91 Å². The van der Waals surface area contributed by atoms with Gasteiger partial charge < -0.3 is 9.80 Å². The first kappa shape index (κ1) is 16.4. The number of carbonyl (C=O) groups excluding carboxylic acids is 1. The molecule has 0 unspecified atom stereocenters. The number of likely N-dealkylation sites (N-methyl/N-ethyl adjacent to an activating group) is 1. The predicted molar refractivity (Wildman–Crippen MR) is 91.9 cm³/mol. The fourth-order valence-electron chi connectivity index (χ4n) is 2.81. The number of quaternary nitrogens is 1. The van der Waals surface area contributed by atoms with E-state index in [0.29, 0.717) is 5.69 Å². The maximum absolute atomic E-state index is 12.4. The zero-order valence-electron chi connectivity index (χ0n) is 14.2. The van der Waals surface area contributed by atoms with E-state index in [-0.39, 0.29) is 18.0 Å². The highest BCUT2D eigenvalue weighted by Crippen LogP contribution is 2.15. The largest absolute Gasteiger partial charge is 0.334 e. The summed E-state index contributed by atoms with van der Waals surface area (Å²) in [5.74, 6) is -0.0434. The third-order valence-electron chi connectivity index (χ3n) is 4.47. The molecule has 1 amide bonds. The average Bonchev–Trinajstić information content (AvgIpc) is 2.58. The normalized spacial score (nSPS) is 15.5. The van der Waals surface area contributed by atoms with Gasteiger partial charge >= 0.3 is 0 Å². The summed E-state index contributed by atoms with van der Waals surface area (Å²) >= 11 is 0. The van der Waals surface area contributed by atoms with Gasteiger partial charge in [-0.3, -0.25) is 9.59 Å². The lowest BCUT2D eigenvalue weighted by molar-refractivity contribution is -0.883. The van der Waals surface area contributed by atoms with Crippen LogP contribution < -0.4 is 10.5 Å².